The third-order valence-electron chi connectivity index (χ3n) is 4.50. The third kappa shape index (κ3) is 2.24. The van der Waals surface area contributed by atoms with Crippen molar-refractivity contribution >= 4 is 5.91 Å². The number of carbonyl (C=O) groups excluding carboxylic acids is 1. The molecule has 2 aliphatic rings. The quantitative estimate of drug-likeness (QED) is 0.791. The van der Waals surface area contributed by atoms with E-state index in [-0.39, 0.29) is 5.41 Å². The molecule has 16 heavy (non-hydrogen) atoms. The standard InChI is InChI=1S/C13H24N2O/c1-15(10-13(9-14)7-4-8-13)12(16)11-5-2-3-6-11/h11H,2-10,14H2,1H3. The van der Waals surface area contributed by atoms with Crippen LogP contribution in [0.4, 0.5) is 0 Å². The molecule has 0 aromatic rings. The second-order valence-electron chi connectivity index (χ2n) is 5.73. The van der Waals surface area contributed by atoms with Crippen molar-refractivity contribution in [3.8, 4) is 0 Å². The molecule has 3 heteroatoms. The lowest BCUT2D eigenvalue weighted by atomic mass is 9.68. The van der Waals surface area contributed by atoms with Gasteiger partial charge in [-0.2, -0.15) is 0 Å². The second-order valence-corrected chi connectivity index (χ2v) is 5.73. The van der Waals surface area contributed by atoms with E-state index < -0.39 is 0 Å². The molecule has 0 aromatic heterocycles. The number of carbonyl (C=O) groups is 1. The molecule has 0 unspecified atom stereocenters. The van der Waals surface area contributed by atoms with Crippen LogP contribution in [0.5, 0.6) is 0 Å². The van der Waals surface area contributed by atoms with Gasteiger partial charge in [-0.25, -0.2) is 0 Å². The maximum atomic E-state index is 12.2. The van der Waals surface area contributed by atoms with Crippen molar-refractivity contribution < 1.29 is 4.79 Å². The van der Waals surface area contributed by atoms with Gasteiger partial charge in [-0.05, 0) is 32.2 Å². The van der Waals surface area contributed by atoms with E-state index in [0.29, 0.717) is 11.8 Å². The summed E-state index contributed by atoms with van der Waals surface area (Å²) >= 11 is 0. The van der Waals surface area contributed by atoms with Crippen LogP contribution in [0, 0.1) is 11.3 Å². The van der Waals surface area contributed by atoms with Crippen LogP contribution in [0.3, 0.4) is 0 Å². The van der Waals surface area contributed by atoms with Gasteiger partial charge in [0.1, 0.15) is 0 Å². The number of hydrogen-bond donors (Lipinski definition) is 1. The van der Waals surface area contributed by atoms with Crippen LogP contribution in [-0.2, 0) is 4.79 Å². The molecule has 2 rings (SSSR count). The average Bonchev–Trinajstić information content (AvgIpc) is 2.75. The summed E-state index contributed by atoms with van der Waals surface area (Å²) in [6.07, 6.45) is 8.33. The van der Waals surface area contributed by atoms with E-state index in [1.807, 2.05) is 11.9 Å². The lowest BCUT2D eigenvalue weighted by Gasteiger charge is -2.43. The van der Waals surface area contributed by atoms with Crippen molar-refractivity contribution in [2.45, 2.75) is 44.9 Å². The number of amides is 1. The monoisotopic (exact) mass is 224 g/mol. The predicted molar refractivity (Wildman–Crippen MR) is 64.9 cm³/mol. The van der Waals surface area contributed by atoms with Crippen LogP contribution < -0.4 is 5.73 Å². The van der Waals surface area contributed by atoms with Gasteiger partial charge in [-0.3, -0.25) is 4.79 Å². The Morgan fingerprint density at radius 2 is 1.94 bits per heavy atom. The van der Waals surface area contributed by atoms with E-state index in [1.54, 1.807) is 0 Å². The number of nitrogens with zero attached hydrogens (tertiary/aromatic N) is 1. The van der Waals surface area contributed by atoms with E-state index in [1.165, 1.54) is 32.1 Å². The fourth-order valence-electron chi connectivity index (χ4n) is 3.17. The molecule has 0 radical (unpaired) electrons. The molecule has 3 nitrogen and oxygen atoms in total. The first kappa shape index (κ1) is 11.9. The first-order chi connectivity index (χ1) is 7.67. The number of hydrogen-bond acceptors (Lipinski definition) is 2. The van der Waals surface area contributed by atoms with Gasteiger partial charge in [-0.1, -0.05) is 19.3 Å². The predicted octanol–water partition coefficient (Wildman–Crippen LogP) is 1.76. The molecule has 0 aliphatic heterocycles. The molecule has 0 saturated heterocycles. The molecule has 2 aliphatic carbocycles. The number of nitrogens with two attached hydrogens (primary N) is 1. The van der Waals surface area contributed by atoms with Crippen molar-refractivity contribution in [3.05, 3.63) is 0 Å². The van der Waals surface area contributed by atoms with E-state index >= 15 is 0 Å². The van der Waals surface area contributed by atoms with Gasteiger partial charge in [0.2, 0.25) is 5.91 Å². The zero-order valence-electron chi connectivity index (χ0n) is 10.4. The minimum Gasteiger partial charge on any atom is -0.345 e. The fraction of sp³-hybridized carbons (Fsp3) is 0.923. The Kier molecular flexibility index (Phi) is 3.53. The van der Waals surface area contributed by atoms with Crippen LogP contribution >= 0.6 is 0 Å². The van der Waals surface area contributed by atoms with Crippen molar-refractivity contribution in [3.63, 3.8) is 0 Å². The molecule has 0 spiro atoms. The Morgan fingerprint density at radius 3 is 2.38 bits per heavy atom. The Bertz CT molecular complexity index is 249. The van der Waals surface area contributed by atoms with Gasteiger partial charge >= 0.3 is 0 Å². The summed E-state index contributed by atoms with van der Waals surface area (Å²) in [5, 5.41) is 0. The Hall–Kier alpha value is -0.570. The van der Waals surface area contributed by atoms with Gasteiger partial charge < -0.3 is 10.6 Å². The highest BCUT2D eigenvalue weighted by atomic mass is 16.2. The first-order valence-electron chi connectivity index (χ1n) is 6.62. The van der Waals surface area contributed by atoms with Gasteiger partial charge in [0.25, 0.3) is 0 Å². The largest absolute Gasteiger partial charge is 0.345 e. The minimum absolute atomic E-state index is 0.253. The molecule has 92 valence electrons. The maximum absolute atomic E-state index is 12.2. The maximum Gasteiger partial charge on any atom is 0.225 e. The van der Waals surface area contributed by atoms with E-state index in [4.69, 9.17) is 5.73 Å². The highest BCUT2D eigenvalue weighted by Gasteiger charge is 2.38. The summed E-state index contributed by atoms with van der Waals surface area (Å²) in [4.78, 5) is 14.1. The molecule has 0 heterocycles. The van der Waals surface area contributed by atoms with E-state index in [2.05, 4.69) is 0 Å². The Balaban J connectivity index is 1.86. The van der Waals surface area contributed by atoms with Crippen molar-refractivity contribution in [1.82, 2.24) is 4.90 Å². The summed E-state index contributed by atoms with van der Waals surface area (Å²) in [5.41, 5.74) is 6.09. The summed E-state index contributed by atoms with van der Waals surface area (Å²) < 4.78 is 0. The van der Waals surface area contributed by atoms with E-state index in [9.17, 15) is 4.79 Å². The van der Waals surface area contributed by atoms with Crippen molar-refractivity contribution in [2.24, 2.45) is 17.1 Å². The highest BCUT2D eigenvalue weighted by Crippen LogP contribution is 2.40. The Labute approximate surface area is 98.4 Å². The zero-order chi connectivity index (χ0) is 11.6. The molecule has 0 atom stereocenters. The highest BCUT2D eigenvalue weighted by molar-refractivity contribution is 5.78. The molecule has 2 fully saturated rings. The zero-order valence-corrected chi connectivity index (χ0v) is 10.4. The summed E-state index contributed by atoms with van der Waals surface area (Å²) in [7, 11) is 1.95. The lowest BCUT2D eigenvalue weighted by Crippen LogP contribution is -2.48. The molecule has 1 amide bonds. The van der Waals surface area contributed by atoms with Gasteiger partial charge in [0.15, 0.2) is 0 Å². The van der Waals surface area contributed by atoms with Crippen LogP contribution in [-0.4, -0.2) is 30.9 Å². The number of rotatable bonds is 4. The normalized spacial score (nSPS) is 24.1. The second kappa shape index (κ2) is 4.74. The molecule has 0 aromatic carbocycles. The average molecular weight is 224 g/mol. The van der Waals surface area contributed by atoms with Gasteiger partial charge in [0, 0.05) is 24.9 Å². The molecular formula is C13H24N2O. The Morgan fingerprint density at radius 1 is 1.31 bits per heavy atom. The molecular weight excluding hydrogens is 200 g/mol. The van der Waals surface area contributed by atoms with Crippen molar-refractivity contribution in [1.29, 1.82) is 0 Å². The summed E-state index contributed by atoms with van der Waals surface area (Å²) in [5.74, 6) is 0.664. The van der Waals surface area contributed by atoms with Crippen LogP contribution in [0.15, 0.2) is 0 Å². The summed E-state index contributed by atoms with van der Waals surface area (Å²) in [6, 6.07) is 0. The summed E-state index contributed by atoms with van der Waals surface area (Å²) in [6.45, 7) is 1.61. The first-order valence-corrected chi connectivity index (χ1v) is 6.62. The van der Waals surface area contributed by atoms with Gasteiger partial charge in [0.05, 0.1) is 0 Å². The van der Waals surface area contributed by atoms with Crippen LogP contribution in [0.25, 0.3) is 0 Å². The fourth-order valence-corrected chi connectivity index (χ4v) is 3.17. The SMILES string of the molecule is CN(CC1(CN)CCC1)C(=O)C1CCCC1. The smallest absolute Gasteiger partial charge is 0.225 e. The van der Waals surface area contributed by atoms with Crippen molar-refractivity contribution in [2.75, 3.05) is 20.1 Å². The molecule has 2 N–H and O–H groups in total. The molecule has 0 bridgehead atoms. The van der Waals surface area contributed by atoms with Gasteiger partial charge in [-0.15, -0.1) is 0 Å². The topological polar surface area (TPSA) is 46.3 Å². The molecule has 2 saturated carbocycles. The van der Waals surface area contributed by atoms with Crippen LogP contribution in [0.2, 0.25) is 0 Å². The van der Waals surface area contributed by atoms with E-state index in [0.717, 1.165) is 25.9 Å². The van der Waals surface area contributed by atoms with Crippen LogP contribution in [0.1, 0.15) is 44.9 Å². The lowest BCUT2D eigenvalue weighted by molar-refractivity contribution is -0.136. The minimum atomic E-state index is 0.253. The third-order valence-corrected chi connectivity index (χ3v) is 4.50.